The van der Waals surface area contributed by atoms with Crippen molar-refractivity contribution in [2.75, 3.05) is 7.05 Å². The minimum absolute atomic E-state index is 0.248. The summed E-state index contributed by atoms with van der Waals surface area (Å²) in [5, 5.41) is 3.82. The molecule has 0 aromatic heterocycles. The third-order valence-electron chi connectivity index (χ3n) is 3.19. The van der Waals surface area contributed by atoms with Crippen LogP contribution >= 0.6 is 11.6 Å². The van der Waals surface area contributed by atoms with Gasteiger partial charge in [0.1, 0.15) is 5.54 Å². The largest absolute Gasteiger partial charge is 0.304 e. The maximum Gasteiger partial charge on any atom is 0.157 e. The Kier molecular flexibility index (Phi) is 2.81. The fourth-order valence-electron chi connectivity index (χ4n) is 2.36. The number of carbonyl (C=O) groups is 1. The molecular weight excluding hydrogens is 210 g/mol. The van der Waals surface area contributed by atoms with Crippen molar-refractivity contribution in [3.63, 3.8) is 0 Å². The van der Waals surface area contributed by atoms with Crippen molar-refractivity contribution < 1.29 is 4.79 Å². The summed E-state index contributed by atoms with van der Waals surface area (Å²) in [4.78, 5) is 12.0. The van der Waals surface area contributed by atoms with Gasteiger partial charge in [-0.25, -0.2) is 0 Å². The highest BCUT2D eigenvalue weighted by Gasteiger charge is 2.43. The van der Waals surface area contributed by atoms with Crippen LogP contribution in [-0.2, 0) is 10.3 Å². The molecule has 0 radical (unpaired) electrons. The third-order valence-corrected chi connectivity index (χ3v) is 3.52. The Morgan fingerprint density at radius 1 is 1.40 bits per heavy atom. The van der Waals surface area contributed by atoms with E-state index in [-0.39, 0.29) is 5.78 Å². The molecule has 1 aromatic rings. The minimum Gasteiger partial charge on any atom is -0.304 e. The predicted octanol–water partition coefficient (Wildman–Crippen LogP) is 2.51. The molecule has 2 nitrogen and oxygen atoms in total. The smallest absolute Gasteiger partial charge is 0.157 e. The molecule has 1 atom stereocenters. The molecule has 1 aliphatic carbocycles. The van der Waals surface area contributed by atoms with Gasteiger partial charge in [-0.3, -0.25) is 4.79 Å². The number of rotatable bonds is 2. The lowest BCUT2D eigenvalue weighted by molar-refractivity contribution is -0.123. The summed E-state index contributed by atoms with van der Waals surface area (Å²) < 4.78 is 0. The average molecular weight is 224 g/mol. The van der Waals surface area contributed by atoms with Crippen LogP contribution < -0.4 is 5.32 Å². The molecule has 0 amide bonds. The van der Waals surface area contributed by atoms with E-state index in [1.807, 2.05) is 31.3 Å². The van der Waals surface area contributed by atoms with E-state index in [2.05, 4.69) is 5.32 Å². The molecule has 0 saturated heterocycles. The van der Waals surface area contributed by atoms with E-state index < -0.39 is 5.54 Å². The highest BCUT2D eigenvalue weighted by molar-refractivity contribution is 6.31. The molecule has 1 aromatic carbocycles. The first-order chi connectivity index (χ1) is 7.20. The van der Waals surface area contributed by atoms with E-state index in [0.717, 1.165) is 18.4 Å². The molecule has 0 bridgehead atoms. The van der Waals surface area contributed by atoms with E-state index in [1.54, 1.807) is 0 Å². The van der Waals surface area contributed by atoms with Crippen LogP contribution in [0.2, 0.25) is 5.02 Å². The Balaban J connectivity index is 2.51. The maximum atomic E-state index is 12.0. The van der Waals surface area contributed by atoms with Crippen molar-refractivity contribution in [1.29, 1.82) is 0 Å². The monoisotopic (exact) mass is 223 g/mol. The fraction of sp³-hybridized carbons (Fsp3) is 0.417. The van der Waals surface area contributed by atoms with E-state index >= 15 is 0 Å². The number of benzene rings is 1. The van der Waals surface area contributed by atoms with Gasteiger partial charge in [-0.1, -0.05) is 29.8 Å². The van der Waals surface area contributed by atoms with Crippen molar-refractivity contribution >= 4 is 17.4 Å². The third kappa shape index (κ3) is 1.58. The first-order valence-electron chi connectivity index (χ1n) is 5.18. The number of halogens is 1. The summed E-state index contributed by atoms with van der Waals surface area (Å²) in [6.07, 6.45) is 2.42. The Labute approximate surface area is 94.6 Å². The van der Waals surface area contributed by atoms with Gasteiger partial charge in [0, 0.05) is 11.4 Å². The van der Waals surface area contributed by atoms with Crippen LogP contribution in [0.5, 0.6) is 0 Å². The number of ketones is 1. The van der Waals surface area contributed by atoms with Crippen molar-refractivity contribution in [2.45, 2.75) is 24.8 Å². The number of hydrogen-bond donors (Lipinski definition) is 1. The quantitative estimate of drug-likeness (QED) is 0.835. The lowest BCUT2D eigenvalue weighted by Gasteiger charge is -2.28. The average Bonchev–Trinajstić information content (AvgIpc) is 2.61. The molecule has 0 heterocycles. The van der Waals surface area contributed by atoms with Gasteiger partial charge in [0.05, 0.1) is 0 Å². The summed E-state index contributed by atoms with van der Waals surface area (Å²) in [5.41, 5.74) is 0.370. The van der Waals surface area contributed by atoms with Crippen LogP contribution in [0, 0.1) is 0 Å². The highest BCUT2D eigenvalue weighted by Crippen LogP contribution is 2.38. The summed E-state index contributed by atoms with van der Waals surface area (Å²) in [5.74, 6) is 0.248. The maximum absolute atomic E-state index is 12.0. The van der Waals surface area contributed by atoms with Crippen LogP contribution in [0.15, 0.2) is 24.3 Å². The standard InChI is InChI=1S/C12H14ClNO/c1-14-12(8-4-7-11(12)15)9-5-2-3-6-10(9)13/h2-3,5-6,14H,4,7-8H2,1H3. The lowest BCUT2D eigenvalue weighted by Crippen LogP contribution is -2.43. The molecule has 0 spiro atoms. The van der Waals surface area contributed by atoms with Gasteiger partial charge in [-0.2, -0.15) is 0 Å². The molecule has 1 aliphatic rings. The molecule has 3 heteroatoms. The number of hydrogen-bond acceptors (Lipinski definition) is 2. The van der Waals surface area contributed by atoms with Crippen molar-refractivity contribution in [3.8, 4) is 0 Å². The van der Waals surface area contributed by atoms with E-state index in [0.29, 0.717) is 11.4 Å². The Morgan fingerprint density at radius 2 is 2.13 bits per heavy atom. The number of nitrogens with one attached hydrogen (secondary N) is 1. The normalized spacial score (nSPS) is 25.9. The van der Waals surface area contributed by atoms with Crippen LogP contribution in [0.3, 0.4) is 0 Å². The van der Waals surface area contributed by atoms with Crippen LogP contribution in [0.25, 0.3) is 0 Å². The second-order valence-corrected chi connectivity index (χ2v) is 4.32. The molecular formula is C12H14ClNO. The van der Waals surface area contributed by atoms with E-state index in [9.17, 15) is 4.79 Å². The van der Waals surface area contributed by atoms with Gasteiger partial charge < -0.3 is 5.32 Å². The van der Waals surface area contributed by atoms with Gasteiger partial charge in [-0.05, 0) is 31.5 Å². The first-order valence-corrected chi connectivity index (χ1v) is 5.56. The molecule has 0 aliphatic heterocycles. The van der Waals surface area contributed by atoms with Gasteiger partial charge in [0.15, 0.2) is 5.78 Å². The van der Waals surface area contributed by atoms with Crippen molar-refractivity contribution in [3.05, 3.63) is 34.9 Å². The molecule has 1 saturated carbocycles. The molecule has 2 rings (SSSR count). The number of Topliss-reactive ketones (excluding diaryl/α,β-unsaturated/α-hetero) is 1. The molecule has 1 fully saturated rings. The van der Waals surface area contributed by atoms with Gasteiger partial charge in [-0.15, -0.1) is 0 Å². The first kappa shape index (κ1) is 10.7. The van der Waals surface area contributed by atoms with Crippen LogP contribution in [-0.4, -0.2) is 12.8 Å². The molecule has 1 unspecified atom stereocenters. The summed E-state index contributed by atoms with van der Waals surface area (Å²) >= 11 is 6.15. The molecule has 1 N–H and O–H groups in total. The Hall–Kier alpha value is -0.860. The zero-order valence-electron chi connectivity index (χ0n) is 8.72. The summed E-state index contributed by atoms with van der Waals surface area (Å²) in [6, 6.07) is 7.57. The van der Waals surface area contributed by atoms with Crippen molar-refractivity contribution in [2.24, 2.45) is 0 Å². The number of likely N-dealkylation sites (N-methyl/N-ethyl adjacent to an activating group) is 1. The van der Waals surface area contributed by atoms with Gasteiger partial charge in [0.2, 0.25) is 0 Å². The van der Waals surface area contributed by atoms with Crippen LogP contribution in [0.1, 0.15) is 24.8 Å². The molecule has 80 valence electrons. The highest BCUT2D eigenvalue weighted by atomic mass is 35.5. The molecule has 15 heavy (non-hydrogen) atoms. The van der Waals surface area contributed by atoms with Gasteiger partial charge in [0.25, 0.3) is 0 Å². The lowest BCUT2D eigenvalue weighted by atomic mass is 9.87. The second kappa shape index (κ2) is 3.95. The summed E-state index contributed by atoms with van der Waals surface area (Å²) in [6.45, 7) is 0. The minimum atomic E-state index is -0.543. The van der Waals surface area contributed by atoms with Crippen molar-refractivity contribution in [1.82, 2.24) is 5.32 Å². The number of carbonyl (C=O) groups excluding carboxylic acids is 1. The Bertz CT molecular complexity index is 391. The van der Waals surface area contributed by atoms with E-state index in [4.69, 9.17) is 11.6 Å². The fourth-order valence-corrected chi connectivity index (χ4v) is 2.66. The van der Waals surface area contributed by atoms with Gasteiger partial charge >= 0.3 is 0 Å². The second-order valence-electron chi connectivity index (χ2n) is 3.91. The Morgan fingerprint density at radius 3 is 2.67 bits per heavy atom. The SMILES string of the molecule is CNC1(c2ccccc2Cl)CCCC1=O. The van der Waals surface area contributed by atoms with E-state index in [1.165, 1.54) is 0 Å². The summed E-state index contributed by atoms with van der Waals surface area (Å²) in [7, 11) is 1.83. The zero-order chi connectivity index (χ0) is 10.9. The predicted molar refractivity (Wildman–Crippen MR) is 61.0 cm³/mol. The zero-order valence-corrected chi connectivity index (χ0v) is 9.47. The van der Waals surface area contributed by atoms with Crippen LogP contribution in [0.4, 0.5) is 0 Å². The topological polar surface area (TPSA) is 29.1 Å².